The molecular weight excluding hydrogens is 329 g/mol. The Hall–Kier alpha value is -2.50. The topological polar surface area (TPSA) is 74.8 Å². The van der Waals surface area contributed by atoms with Crippen molar-refractivity contribution in [2.45, 2.75) is 6.54 Å². The third-order valence-corrected chi connectivity index (χ3v) is 3.37. The largest absolute Gasteiger partial charge is 0.347 e. The minimum atomic E-state index is -0.495. The molecule has 1 amide bonds. The van der Waals surface area contributed by atoms with E-state index in [1.54, 1.807) is 24.3 Å². The summed E-state index contributed by atoms with van der Waals surface area (Å²) in [5.41, 5.74) is 1.93. The number of aromatic amines is 1. The van der Waals surface area contributed by atoms with Crippen LogP contribution in [0.3, 0.4) is 0 Å². The van der Waals surface area contributed by atoms with Crippen LogP contribution >= 0.6 is 0 Å². The molecule has 3 rings (SSSR count). The van der Waals surface area contributed by atoms with Crippen molar-refractivity contribution in [3.63, 3.8) is 0 Å². The number of benzene rings is 2. The molecule has 0 aliphatic carbocycles. The molecule has 1 heterocycles. The molecule has 3 aromatic rings. The minimum Gasteiger partial charge on any atom is -0.347 e. The number of H-pyrrole nitrogens is 1. The molecule has 0 saturated carbocycles. The Labute approximate surface area is 145 Å². The van der Waals surface area contributed by atoms with Crippen molar-refractivity contribution in [3.8, 4) is 0 Å². The van der Waals surface area contributed by atoms with Gasteiger partial charge in [0.1, 0.15) is 0 Å². The first-order valence-corrected chi connectivity index (χ1v) is 6.81. The van der Waals surface area contributed by atoms with Crippen molar-refractivity contribution in [1.82, 2.24) is 15.5 Å². The Morgan fingerprint density at radius 2 is 1.83 bits per heavy atom. The average Bonchev–Trinajstić information content (AvgIpc) is 2.55. The molecule has 1 radical (unpaired) electrons. The van der Waals surface area contributed by atoms with Gasteiger partial charge in [0, 0.05) is 30.5 Å². The van der Waals surface area contributed by atoms with E-state index in [2.05, 4.69) is 22.4 Å². The molecule has 5 nitrogen and oxygen atoms in total. The van der Waals surface area contributed by atoms with Crippen LogP contribution in [0.5, 0.6) is 0 Å². The minimum absolute atomic E-state index is 0. The van der Waals surface area contributed by atoms with Gasteiger partial charge in [-0.1, -0.05) is 17.7 Å². The Kier molecular flexibility index (Phi) is 5.26. The molecule has 0 fully saturated rings. The van der Waals surface area contributed by atoms with Crippen LogP contribution in [0.4, 0.5) is 0 Å². The molecule has 6 heteroatoms. The maximum absolute atomic E-state index is 12.3. The molecule has 0 aliphatic rings. The van der Waals surface area contributed by atoms with Gasteiger partial charge in [-0.2, -0.15) is 29.7 Å². The first kappa shape index (κ1) is 16.9. The summed E-state index contributed by atoms with van der Waals surface area (Å²) in [6.45, 7) is 4.13. The molecule has 2 N–H and O–H groups in total. The van der Waals surface area contributed by atoms with Crippen LogP contribution in [0.15, 0.2) is 53.3 Å². The Bertz CT molecular complexity index is 888. The zero-order chi connectivity index (χ0) is 15.5. The van der Waals surface area contributed by atoms with E-state index >= 15 is 0 Å². The van der Waals surface area contributed by atoms with Gasteiger partial charge in [-0.3, -0.25) is 14.7 Å². The summed E-state index contributed by atoms with van der Waals surface area (Å²) in [4.78, 5) is 24.4. The third-order valence-electron chi connectivity index (χ3n) is 3.37. The Morgan fingerprint density at radius 1 is 1.13 bits per heavy atom. The number of nitrogens with one attached hydrogen (secondary N) is 2. The molecule has 0 atom stereocenters. The second kappa shape index (κ2) is 7.18. The summed E-state index contributed by atoms with van der Waals surface area (Å²) in [5, 5.41) is 9.75. The standard InChI is InChI=1S/C17H14N3O2.V/c1-11-6-8-12(9-7-11)10-18-17(22)15-16(21)13-4-2-3-5-14(13)19-20-15;/h2-9H,1,10H2,(H,18,22)(H,19,21);/q-1;. The van der Waals surface area contributed by atoms with Crippen molar-refractivity contribution in [1.29, 1.82) is 0 Å². The summed E-state index contributed by atoms with van der Waals surface area (Å²) in [6.07, 6.45) is 0. The molecule has 0 unspecified atom stereocenters. The van der Waals surface area contributed by atoms with Crippen LogP contribution < -0.4 is 10.7 Å². The second-order valence-electron chi connectivity index (χ2n) is 4.95. The Balaban J connectivity index is 0.00000192. The number of rotatable bonds is 3. The molecule has 2 aromatic carbocycles. The summed E-state index contributed by atoms with van der Waals surface area (Å²) in [5.74, 6) is -0.495. The van der Waals surface area contributed by atoms with Crippen LogP contribution in [-0.2, 0) is 25.1 Å². The van der Waals surface area contributed by atoms with E-state index in [9.17, 15) is 9.59 Å². The summed E-state index contributed by atoms with van der Waals surface area (Å²) in [6, 6.07) is 14.4. The SMILES string of the molecule is [CH2-]c1ccc(CNC(=O)c2n[nH]c3ccccc3c2=O)cc1.[V]. The van der Waals surface area contributed by atoms with E-state index in [-0.39, 0.29) is 29.7 Å². The quantitative estimate of drug-likeness (QED) is 0.715. The number of carbonyl (C=O) groups excluding carboxylic acids is 1. The maximum Gasteiger partial charge on any atom is 0.276 e. The number of hydrogen-bond donors (Lipinski definition) is 2. The van der Waals surface area contributed by atoms with Crippen LogP contribution in [0, 0.1) is 6.92 Å². The smallest absolute Gasteiger partial charge is 0.276 e. The van der Waals surface area contributed by atoms with Crippen molar-refractivity contribution in [2.24, 2.45) is 0 Å². The predicted molar refractivity (Wildman–Crippen MR) is 84.4 cm³/mol. The third kappa shape index (κ3) is 3.64. The average molecular weight is 343 g/mol. The molecule has 0 aliphatic heterocycles. The first-order chi connectivity index (χ1) is 10.6. The fourth-order valence-corrected chi connectivity index (χ4v) is 2.15. The molecule has 23 heavy (non-hydrogen) atoms. The molecule has 115 valence electrons. The van der Waals surface area contributed by atoms with Gasteiger partial charge in [0.2, 0.25) is 5.43 Å². The zero-order valence-electron chi connectivity index (χ0n) is 12.2. The molecule has 0 saturated heterocycles. The Morgan fingerprint density at radius 3 is 2.57 bits per heavy atom. The van der Waals surface area contributed by atoms with Gasteiger partial charge in [0.05, 0.1) is 5.52 Å². The van der Waals surface area contributed by atoms with E-state index in [0.717, 1.165) is 11.1 Å². The maximum atomic E-state index is 12.3. The van der Waals surface area contributed by atoms with E-state index in [1.807, 2.05) is 24.3 Å². The fourth-order valence-electron chi connectivity index (χ4n) is 2.15. The number of amides is 1. The van der Waals surface area contributed by atoms with Crippen molar-refractivity contribution in [2.75, 3.05) is 0 Å². The molecule has 1 aromatic heterocycles. The van der Waals surface area contributed by atoms with Gasteiger partial charge in [-0.25, -0.2) is 0 Å². The van der Waals surface area contributed by atoms with Gasteiger partial charge in [-0.15, -0.1) is 12.1 Å². The number of fused-ring (bicyclic) bond motifs is 1. The van der Waals surface area contributed by atoms with Crippen molar-refractivity contribution >= 4 is 16.8 Å². The second-order valence-corrected chi connectivity index (χ2v) is 4.95. The van der Waals surface area contributed by atoms with E-state index in [0.29, 0.717) is 17.4 Å². The van der Waals surface area contributed by atoms with E-state index in [4.69, 9.17) is 0 Å². The number of para-hydroxylation sites is 1. The number of aromatic nitrogens is 2. The van der Waals surface area contributed by atoms with Gasteiger partial charge >= 0.3 is 0 Å². The molecular formula is C17H14N3O2V-. The predicted octanol–water partition coefficient (Wildman–Crippen LogP) is 2.03. The summed E-state index contributed by atoms with van der Waals surface area (Å²) in [7, 11) is 0. The summed E-state index contributed by atoms with van der Waals surface area (Å²) < 4.78 is 0. The van der Waals surface area contributed by atoms with Crippen molar-refractivity contribution < 1.29 is 23.4 Å². The number of nitrogens with zero attached hydrogens (tertiary/aromatic N) is 1. The number of hydrogen-bond acceptors (Lipinski definition) is 3. The van der Waals surface area contributed by atoms with Crippen LogP contribution in [0.25, 0.3) is 10.9 Å². The van der Waals surface area contributed by atoms with E-state index in [1.165, 1.54) is 0 Å². The molecule has 0 bridgehead atoms. The van der Waals surface area contributed by atoms with E-state index < -0.39 is 5.91 Å². The van der Waals surface area contributed by atoms with Crippen LogP contribution in [0.2, 0.25) is 0 Å². The van der Waals surface area contributed by atoms with Gasteiger partial charge in [0.15, 0.2) is 5.69 Å². The zero-order valence-corrected chi connectivity index (χ0v) is 13.6. The van der Waals surface area contributed by atoms with Crippen LogP contribution in [-0.4, -0.2) is 16.1 Å². The monoisotopic (exact) mass is 343 g/mol. The van der Waals surface area contributed by atoms with Crippen LogP contribution in [0.1, 0.15) is 21.6 Å². The van der Waals surface area contributed by atoms with Gasteiger partial charge < -0.3 is 5.32 Å². The fraction of sp³-hybridized carbons (Fsp3) is 0.0588. The van der Waals surface area contributed by atoms with Gasteiger partial charge in [0.25, 0.3) is 5.91 Å². The molecule has 0 spiro atoms. The normalized spacial score (nSPS) is 10.1. The van der Waals surface area contributed by atoms with Crippen molar-refractivity contribution in [3.05, 3.63) is 82.5 Å². The first-order valence-electron chi connectivity index (χ1n) is 6.81. The number of carbonyl (C=O) groups is 1. The summed E-state index contributed by atoms with van der Waals surface area (Å²) >= 11 is 0. The van der Waals surface area contributed by atoms with Gasteiger partial charge in [-0.05, 0) is 12.1 Å².